The van der Waals surface area contributed by atoms with Crippen molar-refractivity contribution in [3.05, 3.63) is 94.5 Å². The Bertz CT molecular complexity index is 1140. The van der Waals surface area contributed by atoms with Gasteiger partial charge in [0.1, 0.15) is 5.69 Å². The van der Waals surface area contributed by atoms with Crippen molar-refractivity contribution in [3.8, 4) is 6.07 Å². The number of hydrazine groups is 1. The summed E-state index contributed by atoms with van der Waals surface area (Å²) >= 11 is 6.03. The zero-order valence-corrected chi connectivity index (χ0v) is 18.0. The Morgan fingerprint density at radius 2 is 1.65 bits per heavy atom. The van der Waals surface area contributed by atoms with Gasteiger partial charge in [0.05, 0.1) is 28.4 Å². The van der Waals surface area contributed by atoms with Gasteiger partial charge < -0.3 is 17.0 Å². The molecule has 0 atom stereocenters. The highest BCUT2D eigenvalue weighted by Crippen LogP contribution is 2.38. The van der Waals surface area contributed by atoms with Gasteiger partial charge in [-0.05, 0) is 54.6 Å². The van der Waals surface area contributed by atoms with Crippen LogP contribution in [0.4, 0.5) is 24.5 Å². The van der Waals surface area contributed by atoms with Crippen molar-refractivity contribution >= 4 is 28.8 Å². The maximum Gasteiger partial charge on any atom is 0.418 e. The molecule has 3 aromatic carbocycles. The van der Waals surface area contributed by atoms with Crippen molar-refractivity contribution in [2.45, 2.75) is 6.18 Å². The number of hydrogen-bond donors (Lipinski definition) is 1. The third-order valence-electron chi connectivity index (χ3n) is 4.46. The molecule has 0 radical (unpaired) electrons. The highest BCUT2D eigenvalue weighted by molar-refractivity contribution is 6.30. The van der Waals surface area contributed by atoms with Crippen molar-refractivity contribution in [2.24, 2.45) is 5.10 Å². The van der Waals surface area contributed by atoms with E-state index in [9.17, 15) is 13.2 Å². The van der Waals surface area contributed by atoms with E-state index in [2.05, 4.69) is 5.10 Å². The fourth-order valence-corrected chi connectivity index (χ4v) is 3.21. The highest BCUT2D eigenvalue weighted by atomic mass is 79.9. The van der Waals surface area contributed by atoms with E-state index in [4.69, 9.17) is 16.9 Å². The van der Waals surface area contributed by atoms with E-state index in [1.165, 1.54) is 27.8 Å². The molecule has 10 heteroatoms. The number of halogens is 5. The number of alkyl halides is 3. The maximum absolute atomic E-state index is 13.7. The van der Waals surface area contributed by atoms with Crippen LogP contribution in [-0.2, 0) is 6.18 Å². The van der Waals surface area contributed by atoms with Crippen LogP contribution >= 0.6 is 11.6 Å². The summed E-state index contributed by atoms with van der Waals surface area (Å²) in [6.45, 7) is 0. The topological polar surface area (TPSA) is 59.2 Å². The van der Waals surface area contributed by atoms with Crippen LogP contribution in [-0.4, -0.2) is 5.84 Å². The van der Waals surface area contributed by atoms with Gasteiger partial charge in [0, 0.05) is 5.02 Å². The van der Waals surface area contributed by atoms with Crippen LogP contribution in [0, 0.1) is 11.3 Å². The van der Waals surface area contributed by atoms with E-state index in [-0.39, 0.29) is 27.7 Å². The summed E-state index contributed by atoms with van der Waals surface area (Å²) in [7, 11) is 0. The molecule has 0 aromatic heterocycles. The number of nitrogens with zero attached hydrogens (tertiary/aromatic N) is 4. The molecule has 158 valence electrons. The van der Waals surface area contributed by atoms with E-state index < -0.39 is 11.7 Å². The Kier molecular flexibility index (Phi) is 6.55. The third kappa shape index (κ3) is 4.66. The number of anilines is 2. The van der Waals surface area contributed by atoms with Gasteiger partial charge in [-0.3, -0.25) is 0 Å². The average Bonchev–Trinajstić information content (AvgIpc) is 3.19. The van der Waals surface area contributed by atoms with Crippen molar-refractivity contribution in [1.82, 2.24) is 0 Å². The predicted octanol–water partition coefficient (Wildman–Crippen LogP) is 1.32. The second-order valence-corrected chi connectivity index (χ2v) is 6.87. The molecule has 3 aromatic rings. The van der Waals surface area contributed by atoms with Crippen LogP contribution in [0.2, 0.25) is 5.02 Å². The van der Waals surface area contributed by atoms with Gasteiger partial charge in [-0.25, -0.2) is 0 Å². The van der Waals surface area contributed by atoms with Crippen LogP contribution in [0.3, 0.4) is 0 Å². The molecule has 0 amide bonds. The molecule has 4 rings (SSSR count). The lowest BCUT2D eigenvalue weighted by molar-refractivity contribution is -0.545. The number of quaternary nitrogens is 1. The Morgan fingerprint density at radius 3 is 2.26 bits per heavy atom. The van der Waals surface area contributed by atoms with Crippen LogP contribution in [0.25, 0.3) is 0 Å². The number of benzene rings is 3. The Balaban J connectivity index is 0.00000272. The smallest absolute Gasteiger partial charge is 0.418 e. The molecule has 0 fully saturated rings. The van der Waals surface area contributed by atoms with Gasteiger partial charge >= 0.3 is 6.18 Å². The molecule has 2 N–H and O–H groups in total. The third-order valence-corrected chi connectivity index (χ3v) is 4.70. The summed E-state index contributed by atoms with van der Waals surface area (Å²) < 4.78 is 41.1. The minimum atomic E-state index is -4.58. The highest BCUT2D eigenvalue weighted by Gasteiger charge is 2.40. The maximum atomic E-state index is 13.7. The second kappa shape index (κ2) is 8.98. The average molecular weight is 509 g/mol. The summed E-state index contributed by atoms with van der Waals surface area (Å²) in [6.07, 6.45) is -4.58. The normalized spacial score (nSPS) is 13.5. The molecule has 0 saturated heterocycles. The van der Waals surface area contributed by atoms with E-state index in [0.29, 0.717) is 17.1 Å². The summed E-state index contributed by atoms with van der Waals surface area (Å²) in [5.41, 5.74) is 2.19. The second-order valence-electron chi connectivity index (χ2n) is 6.43. The quantitative estimate of drug-likeness (QED) is 0.543. The zero-order valence-electron chi connectivity index (χ0n) is 15.7. The van der Waals surface area contributed by atoms with Gasteiger partial charge in [-0.2, -0.15) is 23.9 Å². The van der Waals surface area contributed by atoms with Crippen LogP contribution < -0.4 is 32.6 Å². The summed E-state index contributed by atoms with van der Waals surface area (Å²) in [4.78, 5) is 0. The first-order chi connectivity index (χ1) is 14.4. The molecule has 1 aliphatic rings. The summed E-state index contributed by atoms with van der Waals surface area (Å²) in [5.74, 6) is 0.480. The van der Waals surface area contributed by atoms with Crippen LogP contribution in [0.5, 0.6) is 0 Å². The first kappa shape index (κ1) is 22.6. The number of amidine groups is 1. The van der Waals surface area contributed by atoms with Gasteiger partial charge in [0.2, 0.25) is 0 Å². The molecule has 0 spiro atoms. The molecular weight excluding hydrogens is 495 g/mol. The van der Waals surface area contributed by atoms with Gasteiger partial charge in [-0.1, -0.05) is 34.9 Å². The first-order valence-electron chi connectivity index (χ1n) is 8.82. The van der Waals surface area contributed by atoms with E-state index in [0.717, 1.165) is 11.6 Å². The summed E-state index contributed by atoms with van der Waals surface area (Å²) in [5, 5.41) is 16.4. The molecule has 0 aliphatic carbocycles. The molecule has 1 aliphatic heterocycles. The minimum absolute atomic E-state index is 0. The SMILES string of the molecule is N#Cc1ccc(N2N=C(c3ccccc3)[NH2+]N2c2cc(Cl)ccc2C(F)(F)F)cc1.[Br-]. The molecular formula is C21H14BrClF3N5. The zero-order chi connectivity index (χ0) is 21.3. The molecule has 0 bridgehead atoms. The van der Waals surface area contributed by atoms with Crippen LogP contribution in [0.1, 0.15) is 16.7 Å². The Labute approximate surface area is 191 Å². The number of nitrogens with two attached hydrogens (primary N) is 1. The number of rotatable bonds is 3. The first-order valence-corrected chi connectivity index (χ1v) is 9.20. The lowest BCUT2D eigenvalue weighted by Gasteiger charge is -2.26. The predicted molar refractivity (Wildman–Crippen MR) is 107 cm³/mol. The number of nitriles is 1. The van der Waals surface area contributed by atoms with E-state index in [1.807, 2.05) is 36.4 Å². The lowest BCUT2D eigenvalue weighted by Crippen LogP contribution is -3.00. The number of hydrogen-bond acceptors (Lipinski definition) is 4. The van der Waals surface area contributed by atoms with E-state index in [1.54, 1.807) is 24.3 Å². The standard InChI is InChI=1S/C21H13ClF3N5.BrH/c22-16-8-11-18(21(23,24)25)19(12-16)30-28-20(15-4-2-1-3-5-15)27-29(30)17-9-6-14(13-26)7-10-17;/h1-12H,(H,27,28);1H. The monoisotopic (exact) mass is 507 g/mol. The minimum Gasteiger partial charge on any atom is -1.00 e. The van der Waals surface area contributed by atoms with Crippen molar-refractivity contribution in [2.75, 3.05) is 10.2 Å². The van der Waals surface area contributed by atoms with Crippen LogP contribution in [0.15, 0.2) is 77.9 Å². The largest absolute Gasteiger partial charge is 1.00 e. The lowest BCUT2D eigenvalue weighted by atomic mass is 10.1. The van der Waals surface area contributed by atoms with Crippen molar-refractivity contribution in [1.29, 1.82) is 5.26 Å². The molecule has 0 saturated carbocycles. The number of hydrazone groups is 1. The molecule has 31 heavy (non-hydrogen) atoms. The van der Waals surface area contributed by atoms with Crippen molar-refractivity contribution in [3.63, 3.8) is 0 Å². The molecule has 5 nitrogen and oxygen atoms in total. The fraction of sp³-hybridized carbons (Fsp3) is 0.0476. The fourth-order valence-electron chi connectivity index (χ4n) is 3.04. The summed E-state index contributed by atoms with van der Waals surface area (Å²) in [6, 6.07) is 20.9. The Morgan fingerprint density at radius 1 is 0.968 bits per heavy atom. The van der Waals surface area contributed by atoms with Crippen molar-refractivity contribution < 1.29 is 35.6 Å². The van der Waals surface area contributed by atoms with Gasteiger partial charge in [0.25, 0.3) is 5.84 Å². The molecule has 0 unspecified atom stereocenters. The van der Waals surface area contributed by atoms with Gasteiger partial charge in [-0.15, -0.1) is 10.2 Å². The van der Waals surface area contributed by atoms with E-state index >= 15 is 0 Å². The van der Waals surface area contributed by atoms with Gasteiger partial charge in [0.15, 0.2) is 0 Å². The Hall–Kier alpha value is -3.06. The molecule has 1 heterocycles.